The third-order valence-corrected chi connectivity index (χ3v) is 3.91. The van der Waals surface area contributed by atoms with Gasteiger partial charge in [0.25, 0.3) is 0 Å². The second kappa shape index (κ2) is 7.20. The van der Waals surface area contributed by atoms with E-state index < -0.39 is 11.7 Å². The van der Waals surface area contributed by atoms with Gasteiger partial charge in [-0.05, 0) is 35.9 Å². The van der Waals surface area contributed by atoms with Crippen molar-refractivity contribution < 1.29 is 28.6 Å². The Hall–Kier alpha value is -3.81. The number of rotatable bonds is 6. The van der Waals surface area contributed by atoms with E-state index in [9.17, 15) is 19.5 Å². The summed E-state index contributed by atoms with van der Waals surface area (Å²) in [4.78, 5) is 37.7. The molecule has 2 aromatic carbocycles. The fourth-order valence-electron chi connectivity index (χ4n) is 2.66. The monoisotopic (exact) mass is 369 g/mol. The Morgan fingerprint density at radius 1 is 1.15 bits per heavy atom. The second-order valence-electron chi connectivity index (χ2n) is 5.49. The number of nitrogens with one attached hydrogen (secondary N) is 1. The quantitative estimate of drug-likeness (QED) is 0.506. The maximum Gasteiger partial charge on any atom is 0.417 e. The fourth-order valence-corrected chi connectivity index (χ4v) is 2.66. The summed E-state index contributed by atoms with van der Waals surface area (Å²) in [6.45, 7) is 0. The van der Waals surface area contributed by atoms with Crippen molar-refractivity contribution in [3.05, 3.63) is 63.6 Å². The highest BCUT2D eigenvalue weighted by atomic mass is 16.5. The van der Waals surface area contributed by atoms with E-state index in [4.69, 9.17) is 13.9 Å². The van der Waals surface area contributed by atoms with Crippen LogP contribution in [0, 0.1) is 0 Å². The molecule has 0 spiro atoms. The number of ketones is 1. The van der Waals surface area contributed by atoms with Gasteiger partial charge in [0.2, 0.25) is 0 Å². The van der Waals surface area contributed by atoms with Gasteiger partial charge in [-0.1, -0.05) is 12.1 Å². The first kappa shape index (κ1) is 18.0. The smallest absolute Gasteiger partial charge is 0.417 e. The zero-order chi connectivity index (χ0) is 19.6. The Morgan fingerprint density at radius 2 is 1.93 bits per heavy atom. The van der Waals surface area contributed by atoms with Gasteiger partial charge in [0.15, 0.2) is 22.9 Å². The molecule has 0 radical (unpaired) electrons. The van der Waals surface area contributed by atoms with E-state index in [2.05, 4.69) is 4.98 Å². The molecule has 0 unspecified atom stereocenters. The van der Waals surface area contributed by atoms with Crippen molar-refractivity contribution in [1.82, 2.24) is 4.98 Å². The van der Waals surface area contributed by atoms with Crippen LogP contribution in [0.2, 0.25) is 0 Å². The van der Waals surface area contributed by atoms with Crippen LogP contribution in [0.5, 0.6) is 11.5 Å². The summed E-state index contributed by atoms with van der Waals surface area (Å²) in [5.41, 5.74) is 1.19. The third kappa shape index (κ3) is 3.45. The van der Waals surface area contributed by atoms with Crippen LogP contribution in [0.1, 0.15) is 26.3 Å². The number of methoxy groups -OCH3 is 2. The van der Waals surface area contributed by atoms with Crippen molar-refractivity contribution in [3.63, 3.8) is 0 Å². The van der Waals surface area contributed by atoms with Gasteiger partial charge in [-0.15, -0.1) is 0 Å². The number of aromatic carboxylic acids is 1. The molecule has 8 heteroatoms. The summed E-state index contributed by atoms with van der Waals surface area (Å²) in [5, 5.41) is 9.50. The predicted molar refractivity (Wildman–Crippen MR) is 96.7 cm³/mol. The van der Waals surface area contributed by atoms with Gasteiger partial charge in [0, 0.05) is 5.56 Å². The minimum atomic E-state index is -1.21. The Balaban J connectivity index is 1.97. The Kier molecular flexibility index (Phi) is 4.80. The molecule has 3 aromatic rings. The fraction of sp³-hybridized carbons (Fsp3) is 0.105. The number of aromatic amines is 1. The SMILES string of the molecule is COc1ccc(/C=C/C(=O)c2ccc3[nH]c(=O)oc3c2)c(C(=O)O)c1OC. The van der Waals surface area contributed by atoms with E-state index in [0.29, 0.717) is 11.1 Å². The van der Waals surface area contributed by atoms with Crippen LogP contribution in [0.4, 0.5) is 0 Å². The van der Waals surface area contributed by atoms with Crippen molar-refractivity contribution in [2.45, 2.75) is 0 Å². The van der Waals surface area contributed by atoms with Crippen molar-refractivity contribution in [3.8, 4) is 11.5 Å². The maximum atomic E-state index is 12.4. The largest absolute Gasteiger partial charge is 0.493 e. The zero-order valence-corrected chi connectivity index (χ0v) is 14.4. The van der Waals surface area contributed by atoms with Crippen molar-refractivity contribution >= 4 is 28.9 Å². The molecule has 0 saturated heterocycles. The van der Waals surface area contributed by atoms with Crippen molar-refractivity contribution in [2.24, 2.45) is 0 Å². The summed E-state index contributed by atoms with van der Waals surface area (Å²) in [5.74, 6) is -1.87. The molecule has 0 aliphatic carbocycles. The topological polar surface area (TPSA) is 119 Å². The van der Waals surface area contributed by atoms with E-state index >= 15 is 0 Å². The lowest BCUT2D eigenvalue weighted by molar-refractivity contribution is 0.0692. The molecule has 138 valence electrons. The molecule has 0 bridgehead atoms. The number of hydrogen-bond acceptors (Lipinski definition) is 6. The molecule has 0 amide bonds. The predicted octanol–water partition coefficient (Wildman–Crippen LogP) is 2.73. The number of ether oxygens (including phenoxy) is 2. The van der Waals surface area contributed by atoms with E-state index in [1.165, 1.54) is 44.6 Å². The molecule has 3 rings (SSSR count). The average Bonchev–Trinajstić information content (AvgIpc) is 3.03. The molecule has 8 nitrogen and oxygen atoms in total. The number of carboxylic acid groups (broad SMARTS) is 1. The Morgan fingerprint density at radius 3 is 2.59 bits per heavy atom. The number of carbonyl (C=O) groups is 2. The van der Waals surface area contributed by atoms with E-state index in [1.807, 2.05) is 0 Å². The summed E-state index contributed by atoms with van der Waals surface area (Å²) < 4.78 is 15.2. The Labute approximate surface area is 152 Å². The number of hydrogen-bond donors (Lipinski definition) is 2. The van der Waals surface area contributed by atoms with Gasteiger partial charge < -0.3 is 19.0 Å². The highest BCUT2D eigenvalue weighted by Gasteiger charge is 2.19. The van der Waals surface area contributed by atoms with Crippen LogP contribution in [0.3, 0.4) is 0 Å². The standard InChI is InChI=1S/C19H15NO7/c1-25-14-8-5-10(16(18(22)23)17(14)26-2)4-7-13(21)11-3-6-12-15(9-11)27-19(24)20-12/h3-9H,1-2H3,(H,20,24)(H,22,23)/b7-4+. The lowest BCUT2D eigenvalue weighted by Gasteiger charge is -2.12. The minimum absolute atomic E-state index is 0.0649. The number of allylic oxidation sites excluding steroid dienone is 1. The van der Waals surface area contributed by atoms with E-state index in [1.54, 1.807) is 12.1 Å². The molecule has 1 aromatic heterocycles. The number of oxazole rings is 1. The molecule has 27 heavy (non-hydrogen) atoms. The molecule has 0 fully saturated rings. The highest BCUT2D eigenvalue weighted by Crippen LogP contribution is 2.34. The number of aromatic nitrogens is 1. The minimum Gasteiger partial charge on any atom is -0.493 e. The van der Waals surface area contributed by atoms with Crippen LogP contribution in [0.25, 0.3) is 17.2 Å². The highest BCUT2D eigenvalue weighted by molar-refractivity contribution is 6.09. The molecule has 0 atom stereocenters. The second-order valence-corrected chi connectivity index (χ2v) is 5.49. The molecule has 0 aliphatic rings. The van der Waals surface area contributed by atoms with Crippen LogP contribution in [-0.4, -0.2) is 36.1 Å². The van der Waals surface area contributed by atoms with Gasteiger partial charge >= 0.3 is 11.7 Å². The van der Waals surface area contributed by atoms with Crippen LogP contribution in [0.15, 0.2) is 45.6 Å². The van der Waals surface area contributed by atoms with Gasteiger partial charge in [0.1, 0.15) is 5.56 Å². The summed E-state index contributed by atoms with van der Waals surface area (Å²) in [7, 11) is 2.74. The van der Waals surface area contributed by atoms with Gasteiger partial charge in [-0.25, -0.2) is 9.59 Å². The first-order valence-corrected chi connectivity index (χ1v) is 7.78. The lowest BCUT2D eigenvalue weighted by atomic mass is 10.0. The van der Waals surface area contributed by atoms with Gasteiger partial charge in [0.05, 0.1) is 19.7 Å². The number of carbonyl (C=O) groups excluding carboxylic acids is 1. The number of H-pyrrole nitrogens is 1. The third-order valence-electron chi connectivity index (χ3n) is 3.91. The maximum absolute atomic E-state index is 12.4. The van der Waals surface area contributed by atoms with Crippen molar-refractivity contribution in [1.29, 1.82) is 0 Å². The first-order chi connectivity index (χ1) is 12.9. The summed E-state index contributed by atoms with van der Waals surface area (Å²) in [6.07, 6.45) is 2.62. The van der Waals surface area contributed by atoms with Crippen molar-refractivity contribution in [2.75, 3.05) is 14.2 Å². The number of carboxylic acids is 1. The lowest BCUT2D eigenvalue weighted by Crippen LogP contribution is -2.05. The zero-order valence-electron chi connectivity index (χ0n) is 14.4. The molecule has 2 N–H and O–H groups in total. The van der Waals surface area contributed by atoms with Crippen LogP contribution < -0.4 is 15.2 Å². The van der Waals surface area contributed by atoms with E-state index in [0.717, 1.165) is 0 Å². The van der Waals surface area contributed by atoms with Gasteiger partial charge in [-0.3, -0.25) is 9.78 Å². The molecular formula is C19H15NO7. The summed E-state index contributed by atoms with van der Waals surface area (Å²) >= 11 is 0. The Bertz CT molecular complexity index is 1120. The molecule has 1 heterocycles. The molecule has 0 aliphatic heterocycles. The molecule has 0 saturated carbocycles. The average molecular weight is 369 g/mol. The molecular weight excluding hydrogens is 354 g/mol. The summed E-state index contributed by atoms with van der Waals surface area (Å²) in [6, 6.07) is 7.60. The van der Waals surface area contributed by atoms with Crippen LogP contribution in [-0.2, 0) is 0 Å². The number of benzene rings is 2. The first-order valence-electron chi connectivity index (χ1n) is 7.78. The normalized spacial score (nSPS) is 11.0. The number of fused-ring (bicyclic) bond motifs is 1. The van der Waals surface area contributed by atoms with Crippen LogP contribution >= 0.6 is 0 Å². The van der Waals surface area contributed by atoms with E-state index in [-0.39, 0.29) is 34.0 Å². The van der Waals surface area contributed by atoms with Gasteiger partial charge in [-0.2, -0.15) is 0 Å².